The Morgan fingerprint density at radius 3 is 2.82 bits per heavy atom. The van der Waals surface area contributed by atoms with Gasteiger partial charge in [0.15, 0.2) is 10.8 Å². The smallest absolute Gasteiger partial charge is 0.227 e. The Labute approximate surface area is 174 Å². The predicted octanol–water partition coefficient (Wildman–Crippen LogP) is 5.39. The van der Waals surface area contributed by atoms with Gasteiger partial charge in [0, 0.05) is 33.1 Å². The van der Waals surface area contributed by atoms with E-state index in [1.165, 1.54) is 0 Å². The third-order valence-electron chi connectivity index (χ3n) is 4.53. The van der Waals surface area contributed by atoms with Crippen LogP contribution in [0.5, 0.6) is 5.75 Å². The summed E-state index contributed by atoms with van der Waals surface area (Å²) >= 11 is 5.24. The first-order chi connectivity index (χ1) is 13.8. The van der Waals surface area contributed by atoms with Crippen LogP contribution < -0.4 is 4.74 Å². The van der Waals surface area contributed by atoms with Gasteiger partial charge in [-0.2, -0.15) is 0 Å². The van der Waals surface area contributed by atoms with E-state index in [1.807, 2.05) is 59.1 Å². The molecule has 2 aromatic carbocycles. The lowest BCUT2D eigenvalue weighted by Crippen LogP contribution is -2.19. The van der Waals surface area contributed by atoms with Crippen molar-refractivity contribution in [3.05, 3.63) is 88.0 Å². The number of aromatic nitrogens is 3. The molecule has 0 amide bonds. The average molecular weight is 454 g/mol. The standard InChI is InChI=1S/C21H16BrN3O2S/c22-17-10-15-12-26-20(14-6-2-1-3-7-14)27-19(15)16(11-17)13-28-21-24-23-18-8-4-5-9-25(18)21/h1-11,20H,12-13H2/t20-/m0/s1. The van der Waals surface area contributed by atoms with Crippen LogP contribution in [0.2, 0.25) is 0 Å². The van der Waals surface area contributed by atoms with Crippen LogP contribution in [0.1, 0.15) is 23.0 Å². The van der Waals surface area contributed by atoms with Gasteiger partial charge in [-0.3, -0.25) is 4.40 Å². The Hall–Kier alpha value is -2.35. The maximum Gasteiger partial charge on any atom is 0.227 e. The van der Waals surface area contributed by atoms with Crippen molar-refractivity contribution in [1.82, 2.24) is 14.6 Å². The topological polar surface area (TPSA) is 48.7 Å². The largest absolute Gasteiger partial charge is 0.460 e. The third kappa shape index (κ3) is 3.41. The molecule has 1 aliphatic heterocycles. The normalized spacial score (nSPS) is 16.0. The van der Waals surface area contributed by atoms with Crippen molar-refractivity contribution in [1.29, 1.82) is 0 Å². The molecular formula is C21H16BrN3O2S. The fraction of sp³-hybridized carbons (Fsp3) is 0.143. The van der Waals surface area contributed by atoms with Crippen LogP contribution in [0.4, 0.5) is 0 Å². The SMILES string of the molecule is Brc1cc2c(c(CSc3nnc4ccccn34)c1)O[C@@H](c1ccccc1)OC2. The van der Waals surface area contributed by atoms with Crippen molar-refractivity contribution in [2.45, 2.75) is 23.8 Å². The highest BCUT2D eigenvalue weighted by molar-refractivity contribution is 9.10. The van der Waals surface area contributed by atoms with Gasteiger partial charge in [-0.15, -0.1) is 10.2 Å². The quantitative estimate of drug-likeness (QED) is 0.387. The molecule has 0 saturated carbocycles. The molecule has 0 fully saturated rings. The van der Waals surface area contributed by atoms with Gasteiger partial charge < -0.3 is 9.47 Å². The van der Waals surface area contributed by atoms with Crippen molar-refractivity contribution in [3.8, 4) is 5.75 Å². The minimum atomic E-state index is -0.396. The monoisotopic (exact) mass is 453 g/mol. The molecule has 5 rings (SSSR count). The molecule has 28 heavy (non-hydrogen) atoms. The summed E-state index contributed by atoms with van der Waals surface area (Å²) in [5, 5.41) is 9.38. The molecule has 0 bridgehead atoms. The second kappa shape index (κ2) is 7.58. The van der Waals surface area contributed by atoms with Crippen molar-refractivity contribution in [2.75, 3.05) is 0 Å². The molecule has 0 spiro atoms. The summed E-state index contributed by atoms with van der Waals surface area (Å²) < 4.78 is 15.2. The minimum Gasteiger partial charge on any atom is -0.460 e. The van der Waals surface area contributed by atoms with Crippen LogP contribution in [0.25, 0.3) is 5.65 Å². The first-order valence-corrected chi connectivity index (χ1v) is 10.6. The zero-order chi connectivity index (χ0) is 18.9. The Morgan fingerprint density at radius 1 is 1.07 bits per heavy atom. The number of rotatable bonds is 4. The molecule has 2 aromatic heterocycles. The maximum absolute atomic E-state index is 6.26. The van der Waals surface area contributed by atoms with Crippen LogP contribution in [0, 0.1) is 0 Å². The molecule has 7 heteroatoms. The van der Waals surface area contributed by atoms with E-state index < -0.39 is 6.29 Å². The van der Waals surface area contributed by atoms with E-state index in [0.29, 0.717) is 6.61 Å². The highest BCUT2D eigenvalue weighted by Crippen LogP contribution is 2.39. The minimum absolute atomic E-state index is 0.396. The van der Waals surface area contributed by atoms with Crippen molar-refractivity contribution in [2.24, 2.45) is 0 Å². The van der Waals surface area contributed by atoms with Gasteiger partial charge in [0.05, 0.1) is 6.61 Å². The number of fused-ring (bicyclic) bond motifs is 2. The number of hydrogen-bond donors (Lipinski definition) is 0. The van der Waals surface area contributed by atoms with E-state index in [-0.39, 0.29) is 0 Å². The Bertz CT molecular complexity index is 1130. The Morgan fingerprint density at radius 2 is 1.93 bits per heavy atom. The molecule has 1 atom stereocenters. The van der Waals surface area contributed by atoms with Crippen LogP contribution in [0.15, 0.2) is 76.5 Å². The summed E-state index contributed by atoms with van der Waals surface area (Å²) in [6.07, 6.45) is 1.58. The fourth-order valence-corrected chi connectivity index (χ4v) is 4.66. The van der Waals surface area contributed by atoms with Gasteiger partial charge in [0.1, 0.15) is 5.75 Å². The number of hydrogen-bond acceptors (Lipinski definition) is 5. The average Bonchev–Trinajstić information content (AvgIpc) is 3.15. The lowest BCUT2D eigenvalue weighted by molar-refractivity contribution is -0.111. The summed E-state index contributed by atoms with van der Waals surface area (Å²) in [4.78, 5) is 0. The van der Waals surface area contributed by atoms with Crippen LogP contribution in [-0.2, 0) is 17.1 Å². The van der Waals surface area contributed by atoms with E-state index in [9.17, 15) is 0 Å². The zero-order valence-electron chi connectivity index (χ0n) is 14.8. The van der Waals surface area contributed by atoms with Gasteiger partial charge in [-0.25, -0.2) is 0 Å². The number of benzene rings is 2. The lowest BCUT2D eigenvalue weighted by Gasteiger charge is -2.28. The molecular weight excluding hydrogens is 438 g/mol. The van der Waals surface area contributed by atoms with E-state index >= 15 is 0 Å². The van der Waals surface area contributed by atoms with Gasteiger partial charge in [0.2, 0.25) is 6.29 Å². The molecule has 4 aromatic rings. The molecule has 0 unspecified atom stereocenters. The molecule has 140 valence electrons. The van der Waals surface area contributed by atoms with E-state index in [0.717, 1.165) is 43.5 Å². The number of nitrogens with zero attached hydrogens (tertiary/aromatic N) is 3. The summed E-state index contributed by atoms with van der Waals surface area (Å²) in [6, 6.07) is 20.0. The summed E-state index contributed by atoms with van der Waals surface area (Å²) in [7, 11) is 0. The fourth-order valence-electron chi connectivity index (χ4n) is 3.22. The molecule has 5 nitrogen and oxygen atoms in total. The van der Waals surface area contributed by atoms with Gasteiger partial charge in [-0.1, -0.05) is 64.1 Å². The van der Waals surface area contributed by atoms with Crippen molar-refractivity contribution in [3.63, 3.8) is 0 Å². The lowest BCUT2D eigenvalue weighted by atomic mass is 10.1. The number of pyridine rings is 1. The second-order valence-corrected chi connectivity index (χ2v) is 8.28. The van der Waals surface area contributed by atoms with E-state index in [1.54, 1.807) is 11.8 Å². The number of thioether (sulfide) groups is 1. The van der Waals surface area contributed by atoms with Crippen LogP contribution >= 0.6 is 27.7 Å². The third-order valence-corrected chi connectivity index (χ3v) is 5.98. The molecule has 0 N–H and O–H groups in total. The predicted molar refractivity (Wildman–Crippen MR) is 111 cm³/mol. The van der Waals surface area contributed by atoms with Gasteiger partial charge in [-0.05, 0) is 24.3 Å². The van der Waals surface area contributed by atoms with Crippen molar-refractivity contribution < 1.29 is 9.47 Å². The summed E-state index contributed by atoms with van der Waals surface area (Å²) in [5.74, 6) is 1.61. The molecule has 3 heterocycles. The second-order valence-electron chi connectivity index (χ2n) is 6.42. The first-order valence-electron chi connectivity index (χ1n) is 8.85. The maximum atomic E-state index is 6.26. The van der Waals surface area contributed by atoms with Gasteiger partial charge >= 0.3 is 0 Å². The summed E-state index contributed by atoms with van der Waals surface area (Å²) in [6.45, 7) is 0.514. The highest BCUT2D eigenvalue weighted by Gasteiger charge is 2.25. The number of ether oxygens (including phenoxy) is 2. The number of halogens is 1. The van der Waals surface area contributed by atoms with Crippen LogP contribution in [-0.4, -0.2) is 14.6 Å². The Balaban J connectivity index is 1.43. The van der Waals surface area contributed by atoms with Gasteiger partial charge in [0.25, 0.3) is 0 Å². The Kier molecular flexibility index (Phi) is 4.80. The highest BCUT2D eigenvalue weighted by atomic mass is 79.9. The van der Waals surface area contributed by atoms with Crippen molar-refractivity contribution >= 4 is 33.3 Å². The summed E-state index contributed by atoms with van der Waals surface area (Å²) in [5.41, 5.74) is 4.00. The van der Waals surface area contributed by atoms with E-state index in [2.05, 4.69) is 38.3 Å². The van der Waals surface area contributed by atoms with Crippen LogP contribution in [0.3, 0.4) is 0 Å². The first kappa shape index (κ1) is 17.7. The molecule has 1 aliphatic rings. The molecule has 0 saturated heterocycles. The molecule has 0 aliphatic carbocycles. The van der Waals surface area contributed by atoms with E-state index in [4.69, 9.17) is 9.47 Å². The molecule has 0 radical (unpaired) electrons. The zero-order valence-corrected chi connectivity index (χ0v) is 17.2.